The number of amides is 1. The molecule has 4 nitrogen and oxygen atoms in total. The Morgan fingerprint density at radius 2 is 2.03 bits per heavy atom. The number of fused-ring (bicyclic) bond motifs is 1. The van der Waals surface area contributed by atoms with E-state index in [-0.39, 0.29) is 17.9 Å². The number of ether oxygens (including phenoxy) is 1. The molecule has 0 saturated carbocycles. The predicted molar refractivity (Wildman–Crippen MR) is 121 cm³/mol. The molecular weight excluding hydrogens is 398 g/mol. The fourth-order valence-electron chi connectivity index (χ4n) is 3.72. The molecule has 1 aliphatic carbocycles. The fourth-order valence-corrected chi connectivity index (χ4v) is 4.04. The van der Waals surface area contributed by atoms with E-state index >= 15 is 0 Å². The molecule has 0 aromatic heterocycles. The number of aryl methyl sites for hydroxylation is 1. The molecule has 156 valence electrons. The van der Waals surface area contributed by atoms with E-state index < -0.39 is 0 Å². The van der Waals surface area contributed by atoms with Gasteiger partial charge in [-0.25, -0.2) is 0 Å². The number of benzene rings is 2. The fraction of sp³-hybridized carbons (Fsp3) is 0.280. The predicted octanol–water partition coefficient (Wildman–Crippen LogP) is 5.10. The standard InChI is InChI=1S/C25H26ClNO3/c1-4-22(19-9-6-17(7-10-19)13-14-28)27-25(29)20-15-21-18(8-5-16(20)2)11-12-23(30-3)24(21)26/h4,6-7,9-12,14-16,22H,1,5,8,13H2,2-3H3,(H,27,29). The highest BCUT2D eigenvalue weighted by molar-refractivity contribution is 6.33. The summed E-state index contributed by atoms with van der Waals surface area (Å²) in [5.41, 5.74) is 4.49. The van der Waals surface area contributed by atoms with Crippen molar-refractivity contribution in [3.05, 3.63) is 81.9 Å². The Bertz CT molecular complexity index is 979. The molecule has 0 aliphatic heterocycles. The maximum absolute atomic E-state index is 13.2. The molecule has 2 aromatic rings. The Labute approximate surface area is 182 Å². The molecule has 2 atom stereocenters. The SMILES string of the molecule is C=CC(NC(=O)C1=Cc2c(ccc(OC)c2Cl)CCC1C)c1ccc(CC=O)cc1. The first-order chi connectivity index (χ1) is 14.5. The minimum Gasteiger partial charge on any atom is -0.495 e. The van der Waals surface area contributed by atoms with Crippen molar-refractivity contribution in [2.75, 3.05) is 7.11 Å². The van der Waals surface area contributed by atoms with Crippen LogP contribution in [0.5, 0.6) is 5.75 Å². The van der Waals surface area contributed by atoms with Gasteiger partial charge in [0.05, 0.1) is 18.2 Å². The van der Waals surface area contributed by atoms with E-state index in [0.717, 1.165) is 41.4 Å². The van der Waals surface area contributed by atoms with E-state index in [2.05, 4.69) is 18.8 Å². The number of halogens is 1. The maximum Gasteiger partial charge on any atom is 0.248 e. The first kappa shape index (κ1) is 21.8. The maximum atomic E-state index is 13.2. The third kappa shape index (κ3) is 4.65. The van der Waals surface area contributed by atoms with Crippen LogP contribution in [0.1, 0.15) is 41.6 Å². The van der Waals surface area contributed by atoms with E-state index in [0.29, 0.717) is 22.8 Å². The van der Waals surface area contributed by atoms with Crippen molar-refractivity contribution in [2.24, 2.45) is 5.92 Å². The van der Waals surface area contributed by atoms with Gasteiger partial charge in [-0.2, -0.15) is 0 Å². The van der Waals surface area contributed by atoms with Crippen LogP contribution in [0.25, 0.3) is 6.08 Å². The molecular formula is C25H26ClNO3. The Morgan fingerprint density at radius 1 is 1.30 bits per heavy atom. The smallest absolute Gasteiger partial charge is 0.248 e. The van der Waals surface area contributed by atoms with E-state index in [4.69, 9.17) is 16.3 Å². The van der Waals surface area contributed by atoms with E-state index in [1.165, 1.54) is 0 Å². The summed E-state index contributed by atoms with van der Waals surface area (Å²) in [6.07, 6.45) is 6.54. The molecule has 30 heavy (non-hydrogen) atoms. The van der Waals surface area contributed by atoms with Crippen LogP contribution >= 0.6 is 11.6 Å². The molecule has 3 rings (SSSR count). The first-order valence-electron chi connectivity index (χ1n) is 10.0. The summed E-state index contributed by atoms with van der Waals surface area (Å²) in [6, 6.07) is 11.1. The third-order valence-corrected chi connectivity index (χ3v) is 5.96. The molecule has 0 bridgehead atoms. The zero-order valence-corrected chi connectivity index (χ0v) is 18.0. The van der Waals surface area contributed by atoms with Gasteiger partial charge in [0, 0.05) is 17.6 Å². The lowest BCUT2D eigenvalue weighted by atomic mass is 9.95. The molecule has 5 heteroatoms. The van der Waals surface area contributed by atoms with Crippen LogP contribution < -0.4 is 10.1 Å². The number of hydrogen-bond acceptors (Lipinski definition) is 3. The molecule has 0 spiro atoms. The van der Waals surface area contributed by atoms with Gasteiger partial charge in [0.2, 0.25) is 5.91 Å². The molecule has 0 heterocycles. The highest BCUT2D eigenvalue weighted by Gasteiger charge is 2.24. The van der Waals surface area contributed by atoms with Crippen LogP contribution in [-0.4, -0.2) is 19.3 Å². The quantitative estimate of drug-likeness (QED) is 0.498. The highest BCUT2D eigenvalue weighted by atomic mass is 35.5. The number of methoxy groups -OCH3 is 1. The van der Waals surface area contributed by atoms with Gasteiger partial charge in [0.1, 0.15) is 12.0 Å². The minimum atomic E-state index is -0.334. The zero-order chi connectivity index (χ0) is 21.7. The summed E-state index contributed by atoms with van der Waals surface area (Å²) in [4.78, 5) is 23.9. The summed E-state index contributed by atoms with van der Waals surface area (Å²) in [6.45, 7) is 5.93. The number of nitrogens with one attached hydrogen (secondary N) is 1. The monoisotopic (exact) mass is 423 g/mol. The lowest BCUT2D eigenvalue weighted by molar-refractivity contribution is -0.118. The molecule has 0 saturated heterocycles. The van der Waals surface area contributed by atoms with E-state index in [9.17, 15) is 9.59 Å². The van der Waals surface area contributed by atoms with Crippen molar-refractivity contribution in [3.8, 4) is 5.75 Å². The second-order valence-corrected chi connectivity index (χ2v) is 7.87. The van der Waals surface area contributed by atoms with Crippen LogP contribution in [0.15, 0.2) is 54.6 Å². The van der Waals surface area contributed by atoms with Gasteiger partial charge < -0.3 is 14.8 Å². The Hall–Kier alpha value is -2.85. The second kappa shape index (κ2) is 9.77. The molecule has 1 N–H and O–H groups in total. The Kier molecular flexibility index (Phi) is 7.11. The Balaban J connectivity index is 1.88. The zero-order valence-electron chi connectivity index (χ0n) is 17.3. The van der Waals surface area contributed by atoms with Crippen molar-refractivity contribution in [3.63, 3.8) is 0 Å². The van der Waals surface area contributed by atoms with Crippen molar-refractivity contribution >= 4 is 29.9 Å². The second-order valence-electron chi connectivity index (χ2n) is 7.49. The number of hydrogen-bond donors (Lipinski definition) is 1. The van der Waals surface area contributed by atoms with Crippen molar-refractivity contribution < 1.29 is 14.3 Å². The van der Waals surface area contributed by atoms with Gasteiger partial charge >= 0.3 is 0 Å². The molecule has 1 aliphatic rings. The molecule has 0 radical (unpaired) electrons. The molecule has 2 unspecified atom stereocenters. The lowest BCUT2D eigenvalue weighted by Gasteiger charge is -2.19. The summed E-state index contributed by atoms with van der Waals surface area (Å²) < 4.78 is 5.34. The number of rotatable bonds is 7. The molecule has 2 aromatic carbocycles. The van der Waals surface area contributed by atoms with Gasteiger partial charge in [-0.05, 0) is 47.6 Å². The largest absolute Gasteiger partial charge is 0.495 e. The van der Waals surface area contributed by atoms with Crippen LogP contribution in [0.3, 0.4) is 0 Å². The Morgan fingerprint density at radius 3 is 2.67 bits per heavy atom. The molecule has 0 fully saturated rings. The first-order valence-corrected chi connectivity index (χ1v) is 10.4. The number of aldehydes is 1. The van der Waals surface area contributed by atoms with Crippen LogP contribution in [0.2, 0.25) is 5.02 Å². The van der Waals surface area contributed by atoms with Crippen LogP contribution in [0, 0.1) is 5.92 Å². The average molecular weight is 424 g/mol. The summed E-state index contributed by atoms with van der Waals surface area (Å²) in [5.74, 6) is 0.538. The van der Waals surface area contributed by atoms with Crippen molar-refractivity contribution in [2.45, 2.75) is 32.2 Å². The minimum absolute atomic E-state index is 0.0832. The van der Waals surface area contributed by atoms with Crippen LogP contribution in [0.4, 0.5) is 0 Å². The van der Waals surface area contributed by atoms with Crippen molar-refractivity contribution in [1.29, 1.82) is 0 Å². The lowest BCUT2D eigenvalue weighted by Crippen LogP contribution is -2.30. The van der Waals surface area contributed by atoms with Crippen molar-refractivity contribution in [1.82, 2.24) is 5.32 Å². The van der Waals surface area contributed by atoms with Gasteiger partial charge in [-0.3, -0.25) is 4.79 Å². The van der Waals surface area contributed by atoms with Gasteiger partial charge in [0.25, 0.3) is 0 Å². The summed E-state index contributed by atoms with van der Waals surface area (Å²) >= 11 is 6.54. The number of carbonyl (C=O) groups is 2. The number of carbonyl (C=O) groups excluding carboxylic acids is 2. The highest BCUT2D eigenvalue weighted by Crippen LogP contribution is 2.37. The topological polar surface area (TPSA) is 55.4 Å². The van der Waals surface area contributed by atoms with Crippen LogP contribution in [-0.2, 0) is 22.4 Å². The third-order valence-electron chi connectivity index (χ3n) is 5.57. The van der Waals surface area contributed by atoms with E-state index in [1.54, 1.807) is 13.2 Å². The van der Waals surface area contributed by atoms with Gasteiger partial charge in [0.15, 0.2) is 0 Å². The molecule has 1 amide bonds. The van der Waals surface area contributed by atoms with Gasteiger partial charge in [-0.1, -0.05) is 54.9 Å². The summed E-state index contributed by atoms with van der Waals surface area (Å²) in [7, 11) is 1.58. The summed E-state index contributed by atoms with van der Waals surface area (Å²) in [5, 5.41) is 3.60. The van der Waals surface area contributed by atoms with E-state index in [1.807, 2.05) is 42.5 Å². The average Bonchev–Trinajstić information content (AvgIpc) is 2.92. The van der Waals surface area contributed by atoms with Gasteiger partial charge in [-0.15, -0.1) is 6.58 Å². The normalized spacial score (nSPS) is 16.5.